The molecule has 3 aromatic rings. The summed E-state index contributed by atoms with van der Waals surface area (Å²) in [7, 11) is 1.78. The Balaban J connectivity index is 1.34. The fourth-order valence-corrected chi connectivity index (χ4v) is 4.51. The molecule has 0 spiro atoms. The van der Waals surface area contributed by atoms with Gasteiger partial charge in [0.1, 0.15) is 11.5 Å². The van der Waals surface area contributed by atoms with Crippen LogP contribution >= 0.6 is 0 Å². The van der Waals surface area contributed by atoms with Gasteiger partial charge in [0.2, 0.25) is 5.91 Å². The predicted molar refractivity (Wildman–Crippen MR) is 122 cm³/mol. The van der Waals surface area contributed by atoms with Crippen LogP contribution in [-0.2, 0) is 9.53 Å². The fraction of sp³-hybridized carbons (Fsp3) is 0.269. The van der Waals surface area contributed by atoms with Crippen molar-refractivity contribution in [3.63, 3.8) is 0 Å². The number of para-hydroxylation sites is 2. The lowest BCUT2D eigenvalue weighted by Crippen LogP contribution is -2.36. The van der Waals surface area contributed by atoms with Crippen molar-refractivity contribution in [2.75, 3.05) is 30.4 Å². The minimum absolute atomic E-state index is 0.0585. The SMILES string of the molecule is COC1CCN(c2ccc(NC(=O)C3c4ccccc4Oc4ccccc43)cc2)CC1. The van der Waals surface area contributed by atoms with Gasteiger partial charge >= 0.3 is 0 Å². The molecular formula is C26H26N2O3. The molecule has 5 heteroatoms. The minimum atomic E-state index is -0.408. The number of carbonyl (C=O) groups is 1. The average Bonchev–Trinajstić information content (AvgIpc) is 2.83. The van der Waals surface area contributed by atoms with Gasteiger partial charge in [-0.2, -0.15) is 0 Å². The maximum absolute atomic E-state index is 13.4. The van der Waals surface area contributed by atoms with Crippen LogP contribution in [-0.4, -0.2) is 32.2 Å². The molecule has 0 aliphatic carbocycles. The smallest absolute Gasteiger partial charge is 0.236 e. The Morgan fingerprint density at radius 2 is 1.48 bits per heavy atom. The molecule has 2 aliphatic heterocycles. The number of hydrogen-bond acceptors (Lipinski definition) is 4. The van der Waals surface area contributed by atoms with Gasteiger partial charge in [0.25, 0.3) is 0 Å². The van der Waals surface area contributed by atoms with Crippen molar-refractivity contribution in [3.8, 4) is 11.5 Å². The summed E-state index contributed by atoms with van der Waals surface area (Å²) in [5.74, 6) is 0.998. The number of benzene rings is 3. The summed E-state index contributed by atoms with van der Waals surface area (Å²) in [4.78, 5) is 15.7. The maximum Gasteiger partial charge on any atom is 0.236 e. The molecule has 0 atom stereocenters. The van der Waals surface area contributed by atoms with Crippen LogP contribution in [0, 0.1) is 0 Å². The standard InChI is InChI=1S/C26H26N2O3/c1-30-20-14-16-28(17-15-20)19-12-10-18(11-13-19)27-26(29)25-21-6-2-4-8-23(21)31-24-9-5-3-7-22(24)25/h2-13,20,25H,14-17H2,1H3,(H,27,29). The van der Waals surface area contributed by atoms with Crippen molar-refractivity contribution in [3.05, 3.63) is 83.9 Å². The first-order valence-corrected chi connectivity index (χ1v) is 10.8. The number of anilines is 2. The number of nitrogens with zero attached hydrogens (tertiary/aromatic N) is 1. The minimum Gasteiger partial charge on any atom is -0.457 e. The van der Waals surface area contributed by atoms with Crippen molar-refractivity contribution < 1.29 is 14.3 Å². The van der Waals surface area contributed by atoms with Crippen LogP contribution in [0.2, 0.25) is 0 Å². The predicted octanol–water partition coefficient (Wildman–Crippen LogP) is 5.18. The van der Waals surface area contributed by atoms with Crippen LogP contribution in [0.15, 0.2) is 72.8 Å². The molecular weight excluding hydrogens is 388 g/mol. The first-order chi connectivity index (χ1) is 15.2. The summed E-state index contributed by atoms with van der Waals surface area (Å²) in [5, 5.41) is 3.11. The molecule has 0 saturated carbocycles. The number of carbonyl (C=O) groups excluding carboxylic acids is 1. The molecule has 158 valence electrons. The Labute approximate surface area is 182 Å². The lowest BCUT2D eigenvalue weighted by molar-refractivity contribution is -0.116. The second kappa shape index (κ2) is 8.44. The Kier molecular flexibility index (Phi) is 5.35. The number of rotatable bonds is 4. The van der Waals surface area contributed by atoms with Gasteiger partial charge in [0.05, 0.1) is 12.0 Å². The third-order valence-corrected chi connectivity index (χ3v) is 6.22. The van der Waals surface area contributed by atoms with Crippen molar-refractivity contribution in [1.82, 2.24) is 0 Å². The van der Waals surface area contributed by atoms with E-state index in [1.807, 2.05) is 60.7 Å². The van der Waals surface area contributed by atoms with Crippen LogP contribution < -0.4 is 15.0 Å². The molecule has 5 rings (SSSR count). The highest BCUT2D eigenvalue weighted by molar-refractivity contribution is 5.99. The number of methoxy groups -OCH3 is 1. The van der Waals surface area contributed by atoms with Crippen LogP contribution in [0.3, 0.4) is 0 Å². The average molecular weight is 415 g/mol. The molecule has 0 bridgehead atoms. The van der Waals surface area contributed by atoms with E-state index in [1.165, 1.54) is 5.69 Å². The Bertz CT molecular complexity index is 1030. The van der Waals surface area contributed by atoms with Gasteiger partial charge in [-0.05, 0) is 49.2 Å². The van der Waals surface area contributed by atoms with Crippen molar-refractivity contribution in [2.45, 2.75) is 24.9 Å². The lowest BCUT2D eigenvalue weighted by atomic mass is 9.87. The Hall–Kier alpha value is -3.31. The highest BCUT2D eigenvalue weighted by Crippen LogP contribution is 2.44. The van der Waals surface area contributed by atoms with E-state index < -0.39 is 5.92 Å². The fourth-order valence-electron chi connectivity index (χ4n) is 4.51. The number of fused-ring (bicyclic) bond motifs is 2. The van der Waals surface area contributed by atoms with E-state index in [-0.39, 0.29) is 5.91 Å². The molecule has 0 radical (unpaired) electrons. The monoisotopic (exact) mass is 414 g/mol. The summed E-state index contributed by atoms with van der Waals surface area (Å²) in [6, 6.07) is 23.6. The summed E-state index contributed by atoms with van der Waals surface area (Å²) < 4.78 is 11.5. The van der Waals surface area contributed by atoms with Gasteiger partial charge in [-0.25, -0.2) is 0 Å². The van der Waals surface area contributed by atoms with Gasteiger partial charge in [0, 0.05) is 42.7 Å². The molecule has 2 heterocycles. The Morgan fingerprint density at radius 1 is 0.903 bits per heavy atom. The zero-order valence-electron chi connectivity index (χ0n) is 17.6. The number of ether oxygens (including phenoxy) is 2. The van der Waals surface area contributed by atoms with Crippen molar-refractivity contribution in [1.29, 1.82) is 0 Å². The molecule has 1 fully saturated rings. The zero-order chi connectivity index (χ0) is 21.2. The molecule has 5 nitrogen and oxygen atoms in total. The van der Waals surface area contributed by atoms with Crippen molar-refractivity contribution >= 4 is 17.3 Å². The van der Waals surface area contributed by atoms with Crippen LogP contribution in [0.5, 0.6) is 11.5 Å². The third-order valence-electron chi connectivity index (χ3n) is 6.22. The topological polar surface area (TPSA) is 50.8 Å². The maximum atomic E-state index is 13.4. The normalized spacial score (nSPS) is 16.2. The lowest BCUT2D eigenvalue weighted by Gasteiger charge is -2.33. The quantitative estimate of drug-likeness (QED) is 0.639. The second-order valence-electron chi connectivity index (χ2n) is 8.07. The van der Waals surface area contributed by atoms with Crippen molar-refractivity contribution in [2.24, 2.45) is 0 Å². The van der Waals surface area contributed by atoms with Gasteiger partial charge in [0.15, 0.2) is 0 Å². The number of piperidine rings is 1. The Morgan fingerprint density at radius 3 is 2.06 bits per heavy atom. The van der Waals surface area contributed by atoms with E-state index in [2.05, 4.69) is 22.3 Å². The first-order valence-electron chi connectivity index (χ1n) is 10.8. The molecule has 31 heavy (non-hydrogen) atoms. The summed E-state index contributed by atoms with van der Waals surface area (Å²) in [5.41, 5.74) is 3.74. The molecule has 1 N–H and O–H groups in total. The molecule has 1 saturated heterocycles. The number of amides is 1. The highest BCUT2D eigenvalue weighted by atomic mass is 16.5. The number of nitrogens with one attached hydrogen (secondary N) is 1. The molecule has 2 aliphatic rings. The largest absolute Gasteiger partial charge is 0.457 e. The van der Waals surface area contributed by atoms with Gasteiger partial charge in [-0.15, -0.1) is 0 Å². The molecule has 1 amide bonds. The van der Waals surface area contributed by atoms with E-state index in [0.717, 1.165) is 54.2 Å². The summed E-state index contributed by atoms with van der Waals surface area (Å²) >= 11 is 0. The van der Waals surface area contributed by atoms with E-state index in [9.17, 15) is 4.79 Å². The van der Waals surface area contributed by atoms with E-state index in [4.69, 9.17) is 9.47 Å². The molecule has 0 unspecified atom stereocenters. The van der Waals surface area contributed by atoms with Gasteiger partial charge in [-0.3, -0.25) is 4.79 Å². The van der Waals surface area contributed by atoms with Gasteiger partial charge in [-0.1, -0.05) is 36.4 Å². The molecule has 3 aromatic carbocycles. The second-order valence-corrected chi connectivity index (χ2v) is 8.07. The van der Waals surface area contributed by atoms with E-state index >= 15 is 0 Å². The van der Waals surface area contributed by atoms with Crippen LogP contribution in [0.1, 0.15) is 29.9 Å². The van der Waals surface area contributed by atoms with Gasteiger partial charge < -0.3 is 19.7 Å². The van der Waals surface area contributed by atoms with E-state index in [0.29, 0.717) is 6.10 Å². The first kappa shape index (κ1) is 19.6. The van der Waals surface area contributed by atoms with Crippen LogP contribution in [0.4, 0.5) is 11.4 Å². The molecule has 0 aromatic heterocycles. The summed E-state index contributed by atoms with van der Waals surface area (Å²) in [6.07, 6.45) is 2.44. The van der Waals surface area contributed by atoms with E-state index in [1.54, 1.807) is 7.11 Å². The van der Waals surface area contributed by atoms with Crippen LogP contribution in [0.25, 0.3) is 0 Å². The summed E-state index contributed by atoms with van der Waals surface area (Å²) in [6.45, 7) is 1.97. The third kappa shape index (κ3) is 3.89. The number of hydrogen-bond donors (Lipinski definition) is 1. The zero-order valence-corrected chi connectivity index (χ0v) is 17.6. The highest BCUT2D eigenvalue weighted by Gasteiger charge is 2.32.